The van der Waals surface area contributed by atoms with Crippen molar-refractivity contribution >= 4 is 5.97 Å². The van der Waals surface area contributed by atoms with Crippen LogP contribution >= 0.6 is 0 Å². The van der Waals surface area contributed by atoms with Crippen LogP contribution in [0.5, 0.6) is 0 Å². The summed E-state index contributed by atoms with van der Waals surface area (Å²) in [5.41, 5.74) is 0.480. The molecule has 0 aliphatic carbocycles. The maximum absolute atomic E-state index is 10.9. The average Bonchev–Trinajstić information content (AvgIpc) is 2.35. The Morgan fingerprint density at radius 3 is 2.00 bits per heavy atom. The molecule has 0 fully saturated rings. The van der Waals surface area contributed by atoms with Crippen molar-refractivity contribution in [3.63, 3.8) is 0 Å². The minimum Gasteiger partial charge on any atom is -0.462 e. The fourth-order valence-corrected chi connectivity index (χ4v) is 1.15. The fourth-order valence-electron chi connectivity index (χ4n) is 1.15. The minimum absolute atomic E-state index is 0.268. The predicted molar refractivity (Wildman–Crippen MR) is 76.5 cm³/mol. The number of rotatable bonds is 9. The highest BCUT2D eigenvalue weighted by molar-refractivity contribution is 5.86. The summed E-state index contributed by atoms with van der Waals surface area (Å²) < 4.78 is 4.95. The van der Waals surface area contributed by atoms with Crippen LogP contribution in [0.3, 0.4) is 0 Å². The van der Waals surface area contributed by atoms with Crippen LogP contribution in [0.25, 0.3) is 0 Å². The van der Waals surface area contributed by atoms with Gasteiger partial charge in [-0.05, 0) is 19.8 Å². The summed E-state index contributed by atoms with van der Waals surface area (Å²) in [6.07, 6.45) is 7.91. The molecule has 0 rings (SSSR count). The lowest BCUT2D eigenvalue weighted by molar-refractivity contribution is -0.139. The molecule has 0 amide bonds. The molecule has 0 atom stereocenters. The summed E-state index contributed by atoms with van der Waals surface area (Å²) in [5, 5.41) is 8.07. The Morgan fingerprint density at radius 2 is 1.61 bits per heavy atom. The van der Waals surface area contributed by atoms with E-state index in [1.165, 1.54) is 19.3 Å². The Labute approximate surface area is 112 Å². The number of hydrogen-bond acceptors (Lipinski definition) is 3. The third-order valence-electron chi connectivity index (χ3n) is 2.34. The molecular formula is C15H30O3. The van der Waals surface area contributed by atoms with Crippen LogP contribution in [-0.4, -0.2) is 24.3 Å². The van der Waals surface area contributed by atoms with Crippen LogP contribution in [0.4, 0.5) is 0 Å². The Balaban J connectivity index is 0. The molecule has 0 aromatic carbocycles. The molecule has 0 unspecified atom stereocenters. The number of unbranched alkanes of at least 4 members (excludes halogenated alkanes) is 5. The van der Waals surface area contributed by atoms with Crippen molar-refractivity contribution in [1.29, 1.82) is 0 Å². The Bertz CT molecular complexity index is 198. The summed E-state index contributed by atoms with van der Waals surface area (Å²) in [4.78, 5) is 10.9. The summed E-state index contributed by atoms with van der Waals surface area (Å²) in [6, 6.07) is 0. The first-order chi connectivity index (χ1) is 8.59. The Morgan fingerprint density at radius 1 is 1.06 bits per heavy atom. The second-order valence-electron chi connectivity index (χ2n) is 4.41. The predicted octanol–water partition coefficient (Wildman–Crippen LogP) is 3.85. The molecule has 0 radical (unpaired) electrons. The van der Waals surface area contributed by atoms with Gasteiger partial charge in [-0.2, -0.15) is 0 Å². The van der Waals surface area contributed by atoms with E-state index in [0.717, 1.165) is 25.7 Å². The molecule has 108 valence electrons. The summed E-state index contributed by atoms with van der Waals surface area (Å²) in [7, 11) is 0. The second-order valence-corrected chi connectivity index (χ2v) is 4.41. The normalized spacial score (nSPS) is 9.33. The van der Waals surface area contributed by atoms with Crippen LogP contribution in [0.2, 0.25) is 0 Å². The molecule has 3 heteroatoms. The second kappa shape index (κ2) is 16.2. The van der Waals surface area contributed by atoms with Crippen molar-refractivity contribution in [2.45, 2.75) is 65.7 Å². The average molecular weight is 258 g/mol. The molecule has 0 saturated carbocycles. The van der Waals surface area contributed by atoms with E-state index < -0.39 is 0 Å². The summed E-state index contributed by atoms with van der Waals surface area (Å²) in [5.74, 6) is -0.268. The summed E-state index contributed by atoms with van der Waals surface area (Å²) >= 11 is 0. The lowest BCUT2D eigenvalue weighted by atomic mass is 10.2. The number of ether oxygens (including phenoxy) is 1. The number of carbonyl (C=O) groups excluding carboxylic acids is 1. The highest BCUT2D eigenvalue weighted by Crippen LogP contribution is 2.03. The Kier molecular flexibility index (Phi) is 17.5. The molecule has 1 N–H and O–H groups in total. The van der Waals surface area contributed by atoms with Gasteiger partial charge in [-0.3, -0.25) is 0 Å². The molecule has 0 bridgehead atoms. The smallest absolute Gasteiger partial charge is 0.333 e. The minimum atomic E-state index is -0.268. The van der Waals surface area contributed by atoms with E-state index >= 15 is 0 Å². The van der Waals surface area contributed by atoms with E-state index in [9.17, 15) is 4.79 Å². The van der Waals surface area contributed by atoms with E-state index in [1.807, 2.05) is 0 Å². The van der Waals surface area contributed by atoms with Gasteiger partial charge in [-0.1, -0.05) is 52.5 Å². The van der Waals surface area contributed by atoms with Crippen molar-refractivity contribution in [2.75, 3.05) is 13.2 Å². The van der Waals surface area contributed by atoms with Crippen molar-refractivity contribution in [3.05, 3.63) is 12.2 Å². The van der Waals surface area contributed by atoms with Crippen LogP contribution in [-0.2, 0) is 9.53 Å². The standard InChI is InChI=1S/C11H20O2.C4H10O/c1-4-5-6-7-8-9-13-11(12)10(2)3;1-2-3-4-5/h2,4-9H2,1,3H3;5H,2-4H2,1H3. The molecule has 0 spiro atoms. The molecule has 18 heavy (non-hydrogen) atoms. The van der Waals surface area contributed by atoms with Crippen molar-refractivity contribution in [1.82, 2.24) is 0 Å². The van der Waals surface area contributed by atoms with E-state index in [-0.39, 0.29) is 5.97 Å². The molecule has 0 aromatic heterocycles. The number of esters is 1. The van der Waals surface area contributed by atoms with Crippen molar-refractivity contribution in [2.24, 2.45) is 0 Å². The molecule has 0 heterocycles. The largest absolute Gasteiger partial charge is 0.462 e. The molecule has 0 aliphatic heterocycles. The fraction of sp³-hybridized carbons (Fsp3) is 0.800. The van der Waals surface area contributed by atoms with Gasteiger partial charge in [0.05, 0.1) is 6.61 Å². The number of aliphatic hydroxyl groups is 1. The zero-order chi connectivity index (χ0) is 14.2. The number of carbonyl (C=O) groups is 1. The zero-order valence-electron chi connectivity index (χ0n) is 12.3. The Hall–Kier alpha value is -0.830. The maximum Gasteiger partial charge on any atom is 0.333 e. The molecular weight excluding hydrogens is 228 g/mol. The molecule has 0 saturated heterocycles. The zero-order valence-corrected chi connectivity index (χ0v) is 12.3. The first-order valence-electron chi connectivity index (χ1n) is 7.03. The van der Waals surface area contributed by atoms with Crippen LogP contribution < -0.4 is 0 Å². The van der Waals surface area contributed by atoms with Gasteiger partial charge in [-0.15, -0.1) is 0 Å². The van der Waals surface area contributed by atoms with E-state index in [2.05, 4.69) is 20.4 Å². The third-order valence-corrected chi connectivity index (χ3v) is 2.34. The molecule has 0 aromatic rings. The van der Waals surface area contributed by atoms with Crippen LogP contribution in [0, 0.1) is 0 Å². The van der Waals surface area contributed by atoms with Gasteiger partial charge in [0.25, 0.3) is 0 Å². The monoisotopic (exact) mass is 258 g/mol. The van der Waals surface area contributed by atoms with E-state index in [4.69, 9.17) is 9.84 Å². The first-order valence-corrected chi connectivity index (χ1v) is 7.03. The van der Waals surface area contributed by atoms with Crippen LogP contribution in [0.15, 0.2) is 12.2 Å². The van der Waals surface area contributed by atoms with Crippen molar-refractivity contribution in [3.8, 4) is 0 Å². The SMILES string of the molecule is C=C(C)C(=O)OCCCCCCC.CCCCO. The highest BCUT2D eigenvalue weighted by Gasteiger charge is 2.01. The number of hydrogen-bond donors (Lipinski definition) is 1. The van der Waals surface area contributed by atoms with Gasteiger partial charge < -0.3 is 9.84 Å². The maximum atomic E-state index is 10.9. The van der Waals surface area contributed by atoms with Crippen LogP contribution in [0.1, 0.15) is 65.7 Å². The van der Waals surface area contributed by atoms with Gasteiger partial charge in [0.2, 0.25) is 0 Å². The lowest BCUT2D eigenvalue weighted by Crippen LogP contribution is -2.05. The quantitative estimate of drug-likeness (QED) is 0.388. The van der Waals surface area contributed by atoms with Gasteiger partial charge in [0.1, 0.15) is 0 Å². The topological polar surface area (TPSA) is 46.5 Å². The van der Waals surface area contributed by atoms with Crippen molar-refractivity contribution < 1.29 is 14.6 Å². The highest BCUT2D eigenvalue weighted by atomic mass is 16.5. The first kappa shape index (κ1) is 19.5. The number of aliphatic hydroxyl groups excluding tert-OH is 1. The lowest BCUT2D eigenvalue weighted by Gasteiger charge is -2.03. The van der Waals surface area contributed by atoms with Gasteiger partial charge in [-0.25, -0.2) is 4.79 Å². The summed E-state index contributed by atoms with van der Waals surface area (Å²) in [6.45, 7) is 10.3. The van der Waals surface area contributed by atoms with E-state index in [0.29, 0.717) is 18.8 Å². The van der Waals surface area contributed by atoms with E-state index in [1.54, 1.807) is 6.92 Å². The van der Waals surface area contributed by atoms with Gasteiger partial charge >= 0.3 is 5.97 Å². The molecule has 3 nitrogen and oxygen atoms in total. The van der Waals surface area contributed by atoms with Gasteiger partial charge in [0.15, 0.2) is 0 Å². The third kappa shape index (κ3) is 17.6. The molecule has 0 aliphatic rings. The van der Waals surface area contributed by atoms with Gasteiger partial charge in [0, 0.05) is 12.2 Å².